The van der Waals surface area contributed by atoms with E-state index in [-0.39, 0.29) is 11.5 Å². The van der Waals surface area contributed by atoms with Crippen LogP contribution >= 0.6 is 0 Å². The Balaban J connectivity index is 1.65. The molecule has 9 heteroatoms. The topological polar surface area (TPSA) is 116 Å². The van der Waals surface area contributed by atoms with Crippen LogP contribution in [-0.2, 0) is 33.2 Å². The molecule has 3 aliphatic carbocycles. The minimum Gasteiger partial charge on any atom is -0.371 e. The van der Waals surface area contributed by atoms with E-state index in [9.17, 15) is 16.8 Å². The van der Waals surface area contributed by atoms with Crippen molar-refractivity contribution in [2.75, 3.05) is 6.26 Å². The second kappa shape index (κ2) is 7.46. The Kier molecular flexibility index (Phi) is 5.48. The molecular formula is C21H32N2O5S2. The highest BCUT2D eigenvalue weighted by Gasteiger charge is 2.55. The zero-order chi connectivity index (χ0) is 21.9. The van der Waals surface area contributed by atoms with E-state index in [4.69, 9.17) is 9.32 Å². The van der Waals surface area contributed by atoms with E-state index in [1.807, 2.05) is 13.0 Å². The highest BCUT2D eigenvalue weighted by Crippen LogP contribution is 2.61. The molecule has 3 aliphatic rings. The summed E-state index contributed by atoms with van der Waals surface area (Å²) in [5.41, 5.74) is 3.32. The lowest BCUT2D eigenvalue weighted by atomic mass is 9.55. The molecule has 30 heavy (non-hydrogen) atoms. The van der Waals surface area contributed by atoms with Crippen LogP contribution in [0.4, 0.5) is 0 Å². The number of fused-ring (bicyclic) bond motifs is 5. The molecule has 0 aliphatic heterocycles. The lowest BCUT2D eigenvalue weighted by molar-refractivity contribution is 0.0462. The molecule has 1 aromatic carbocycles. The molecule has 0 spiro atoms. The maximum absolute atomic E-state index is 11.9. The maximum Gasteiger partial charge on any atom is 0.380 e. The van der Waals surface area contributed by atoms with Crippen LogP contribution in [-0.4, -0.2) is 29.1 Å². The van der Waals surface area contributed by atoms with Gasteiger partial charge >= 0.3 is 10.3 Å². The third kappa shape index (κ3) is 4.01. The fraction of sp³-hybridized carbons (Fsp3) is 0.714. The van der Waals surface area contributed by atoms with Crippen LogP contribution in [0.2, 0.25) is 0 Å². The van der Waals surface area contributed by atoms with Crippen molar-refractivity contribution in [1.29, 1.82) is 0 Å². The largest absolute Gasteiger partial charge is 0.380 e. The summed E-state index contributed by atoms with van der Waals surface area (Å²) < 4.78 is 54.6. The molecule has 0 radical (unpaired) electrons. The van der Waals surface area contributed by atoms with Crippen LogP contribution in [0, 0.1) is 17.3 Å². The van der Waals surface area contributed by atoms with E-state index in [1.54, 1.807) is 0 Å². The predicted octanol–water partition coefficient (Wildman–Crippen LogP) is 2.61. The third-order valence-corrected chi connectivity index (χ3v) is 8.97. The van der Waals surface area contributed by atoms with Gasteiger partial charge in [0.25, 0.3) is 0 Å². The number of aryl methyl sites for hydroxylation is 2. The van der Waals surface area contributed by atoms with Crippen molar-refractivity contribution in [3.05, 3.63) is 28.8 Å². The highest BCUT2D eigenvalue weighted by molar-refractivity contribution is 7.88. The van der Waals surface area contributed by atoms with Gasteiger partial charge in [-0.05, 0) is 90.9 Å². The average Bonchev–Trinajstić information content (AvgIpc) is 2.94. The van der Waals surface area contributed by atoms with Crippen molar-refractivity contribution in [3.8, 4) is 5.75 Å². The van der Waals surface area contributed by atoms with Crippen LogP contribution in [0.15, 0.2) is 12.1 Å². The zero-order valence-electron chi connectivity index (χ0n) is 17.8. The lowest BCUT2D eigenvalue weighted by Gasteiger charge is -2.51. The highest BCUT2D eigenvalue weighted by atomic mass is 32.2. The van der Waals surface area contributed by atoms with Crippen molar-refractivity contribution >= 4 is 20.3 Å². The number of rotatable bonds is 5. The molecule has 5 atom stereocenters. The van der Waals surface area contributed by atoms with Crippen molar-refractivity contribution in [3.63, 3.8) is 0 Å². The minimum atomic E-state index is -4.06. The number of hydrogen-bond acceptors (Lipinski definition) is 5. The maximum atomic E-state index is 11.9. The second-order valence-corrected chi connectivity index (χ2v) is 12.5. The first-order valence-electron chi connectivity index (χ1n) is 10.8. The molecule has 0 bridgehead atoms. The molecule has 4 rings (SSSR count). The summed E-state index contributed by atoms with van der Waals surface area (Å²) in [6.45, 7) is 4.24. The van der Waals surface area contributed by atoms with Gasteiger partial charge in [0, 0.05) is 6.04 Å². The number of benzene rings is 1. The minimum absolute atomic E-state index is 0.00792. The summed E-state index contributed by atoms with van der Waals surface area (Å²) in [6, 6.07) is 4.00. The van der Waals surface area contributed by atoms with Gasteiger partial charge in [-0.3, -0.25) is 0 Å². The second-order valence-electron chi connectivity index (χ2n) is 9.57. The van der Waals surface area contributed by atoms with Crippen LogP contribution in [0.25, 0.3) is 0 Å². The Bertz CT molecular complexity index is 1050. The monoisotopic (exact) mass is 456 g/mol. The van der Waals surface area contributed by atoms with Crippen LogP contribution in [0.1, 0.15) is 68.6 Å². The van der Waals surface area contributed by atoms with Crippen molar-refractivity contribution in [2.45, 2.75) is 70.8 Å². The van der Waals surface area contributed by atoms with Gasteiger partial charge in [0.2, 0.25) is 10.0 Å². The summed E-state index contributed by atoms with van der Waals surface area (Å²) >= 11 is 0. The third-order valence-electron chi connectivity index (χ3n) is 7.85. The van der Waals surface area contributed by atoms with E-state index in [1.165, 1.54) is 11.8 Å². The molecule has 3 N–H and O–H groups in total. The standard InChI is InChI=1S/C21H32N2O5S2/c1-4-13-11-17-14(12-19(13)28-30(22,26)27)5-6-16-15(17)9-10-21(2)18(16)7-8-20(21)23-29(3,24)25/h11-12,15-16,18,20,23H,4-10H2,1-3H3,(H2,22,26,27)/t15-,16+,18-,20-,21-/m0/s1. The molecule has 168 valence electrons. The van der Waals surface area contributed by atoms with E-state index < -0.39 is 20.3 Å². The molecular weight excluding hydrogens is 424 g/mol. The molecule has 0 saturated heterocycles. The van der Waals surface area contributed by atoms with Gasteiger partial charge in [-0.25, -0.2) is 13.1 Å². The number of hydrogen-bond donors (Lipinski definition) is 2. The van der Waals surface area contributed by atoms with Crippen LogP contribution in [0.5, 0.6) is 5.75 Å². The smallest absolute Gasteiger partial charge is 0.371 e. The van der Waals surface area contributed by atoms with Gasteiger partial charge < -0.3 is 4.18 Å². The van der Waals surface area contributed by atoms with Gasteiger partial charge in [0.05, 0.1) is 6.26 Å². The SMILES string of the molecule is CCc1cc2c(cc1OS(N)(=O)=O)CC[C@@H]1[C@@H]2CC[C@]2(C)[C@@H](NS(C)(=O)=O)CC[C@@H]12. The zero-order valence-corrected chi connectivity index (χ0v) is 19.5. The molecule has 2 fully saturated rings. The van der Waals surface area contributed by atoms with Gasteiger partial charge in [-0.2, -0.15) is 13.6 Å². The van der Waals surface area contributed by atoms with Gasteiger partial charge in [0.15, 0.2) is 0 Å². The molecule has 0 aromatic heterocycles. The molecule has 0 amide bonds. The van der Waals surface area contributed by atoms with E-state index >= 15 is 0 Å². The Labute approximate surface area is 180 Å². The molecule has 0 unspecified atom stereocenters. The Morgan fingerprint density at radius 1 is 1.17 bits per heavy atom. The summed E-state index contributed by atoms with van der Waals surface area (Å²) in [6.07, 6.45) is 7.77. The summed E-state index contributed by atoms with van der Waals surface area (Å²) in [5.74, 6) is 1.79. The number of sulfonamides is 1. The Morgan fingerprint density at radius 3 is 2.53 bits per heavy atom. The molecule has 0 heterocycles. The number of nitrogens with one attached hydrogen (secondary N) is 1. The molecule has 2 saturated carbocycles. The summed E-state index contributed by atoms with van der Waals surface area (Å²) in [7, 11) is -7.28. The first kappa shape index (κ1) is 22.0. The van der Waals surface area contributed by atoms with Crippen molar-refractivity contribution < 1.29 is 21.0 Å². The van der Waals surface area contributed by atoms with Gasteiger partial charge in [-0.15, -0.1) is 0 Å². The average molecular weight is 457 g/mol. The Morgan fingerprint density at radius 2 is 1.90 bits per heavy atom. The normalized spacial score (nSPS) is 33.5. The fourth-order valence-corrected chi connectivity index (χ4v) is 7.89. The number of nitrogens with two attached hydrogens (primary N) is 1. The van der Waals surface area contributed by atoms with Crippen molar-refractivity contribution in [1.82, 2.24) is 4.72 Å². The Hall–Kier alpha value is -1.16. The van der Waals surface area contributed by atoms with Gasteiger partial charge in [-0.1, -0.05) is 19.9 Å². The van der Waals surface area contributed by atoms with Crippen LogP contribution < -0.4 is 14.0 Å². The lowest BCUT2D eigenvalue weighted by Crippen LogP contribution is -2.49. The van der Waals surface area contributed by atoms with Crippen molar-refractivity contribution in [2.24, 2.45) is 22.4 Å². The van der Waals surface area contributed by atoms with E-state index in [0.717, 1.165) is 49.7 Å². The van der Waals surface area contributed by atoms with Crippen LogP contribution in [0.3, 0.4) is 0 Å². The summed E-state index contributed by atoms with van der Waals surface area (Å²) in [5, 5.41) is 5.10. The van der Waals surface area contributed by atoms with E-state index in [0.29, 0.717) is 29.9 Å². The first-order chi connectivity index (χ1) is 13.9. The fourth-order valence-electron chi connectivity index (χ4n) is 6.58. The predicted molar refractivity (Wildman–Crippen MR) is 116 cm³/mol. The molecule has 1 aromatic rings. The summed E-state index contributed by atoms with van der Waals surface area (Å²) in [4.78, 5) is 0. The first-order valence-corrected chi connectivity index (χ1v) is 14.1. The van der Waals surface area contributed by atoms with Gasteiger partial charge in [0.1, 0.15) is 5.75 Å². The molecule has 7 nitrogen and oxygen atoms in total. The van der Waals surface area contributed by atoms with E-state index in [2.05, 4.69) is 17.7 Å². The quantitative estimate of drug-likeness (QED) is 0.707.